The molecule has 0 aromatic rings. The van der Waals surface area contributed by atoms with Gasteiger partial charge in [-0.2, -0.15) is 0 Å². The molecular formula is C66H123NO10. The average molecular weight is 1090 g/mol. The Labute approximate surface area is 473 Å². The number of carbonyl (C=O) groups is 2. The number of rotatable bonds is 56. The topological polar surface area (TPSA) is 175 Å². The first kappa shape index (κ1) is 72.9. The van der Waals surface area contributed by atoms with E-state index in [-0.39, 0.29) is 13.0 Å². The highest BCUT2D eigenvalue weighted by Crippen LogP contribution is 2.26. The molecule has 0 radical (unpaired) electrons. The zero-order chi connectivity index (χ0) is 56.1. The van der Waals surface area contributed by atoms with Gasteiger partial charge in [0.15, 0.2) is 12.4 Å². The van der Waals surface area contributed by atoms with E-state index in [1.807, 2.05) is 6.08 Å². The molecule has 1 heterocycles. The summed E-state index contributed by atoms with van der Waals surface area (Å²) in [5, 5.41) is 57.0. The van der Waals surface area contributed by atoms with E-state index in [9.17, 15) is 35.1 Å². The Morgan fingerprint density at radius 1 is 0.494 bits per heavy atom. The molecule has 1 aliphatic heterocycles. The summed E-state index contributed by atoms with van der Waals surface area (Å²) in [6.45, 7) is 5.79. The summed E-state index contributed by atoms with van der Waals surface area (Å²) in [5.74, 6) is -1.19. The highest BCUT2D eigenvalue weighted by Gasteiger charge is 2.47. The van der Waals surface area contributed by atoms with Crippen LogP contribution >= 0.6 is 0 Å². The fraction of sp³-hybridized carbons (Fsp3) is 0.879. The molecule has 11 nitrogen and oxygen atoms in total. The van der Waals surface area contributed by atoms with Crippen LogP contribution in [0.2, 0.25) is 0 Å². The van der Waals surface area contributed by atoms with Crippen molar-refractivity contribution >= 4 is 11.9 Å². The minimum atomic E-state index is -1.61. The summed E-state index contributed by atoms with van der Waals surface area (Å²) < 4.78 is 17.6. The number of aliphatic hydroxyl groups excluding tert-OH is 5. The summed E-state index contributed by atoms with van der Waals surface area (Å²) >= 11 is 0. The van der Waals surface area contributed by atoms with Crippen molar-refractivity contribution in [2.45, 2.75) is 359 Å². The van der Waals surface area contributed by atoms with Crippen LogP contribution in [-0.4, -0.2) is 99.6 Å². The molecule has 1 aliphatic rings. The fourth-order valence-electron chi connectivity index (χ4n) is 10.3. The first-order valence-electron chi connectivity index (χ1n) is 32.8. The maximum absolute atomic E-state index is 13.4. The second-order valence-electron chi connectivity index (χ2n) is 22.8. The standard InChI is InChI=1S/C66H123NO10/c1-4-7-10-13-16-19-22-24-26-27-28-29-30-31-32-34-35-38-41-44-47-50-53-59(70)65(74)67-57(58(69)52-49-46-43-40-37-21-18-15-12-9-6-3)56-75-66-64(63(73)62(72)60(55-68)76-66)77-61(71)54-51-48-45-42-39-36-33-25-23-20-17-14-11-8-5-2/h20,23-24,26,49,52,57-60,62-64,66,68-70,72-73H,4-19,21-22,25,27-48,50-51,53-56H2,1-3H3,(H,67,74)/b23-20-,26-24+,52-49+. The van der Waals surface area contributed by atoms with Crippen LogP contribution in [0.3, 0.4) is 0 Å². The number of esters is 1. The molecule has 1 amide bonds. The number of nitrogens with one attached hydrogen (secondary N) is 1. The minimum Gasteiger partial charge on any atom is -0.454 e. The van der Waals surface area contributed by atoms with E-state index < -0.39 is 67.4 Å². The van der Waals surface area contributed by atoms with E-state index in [4.69, 9.17) is 14.2 Å². The van der Waals surface area contributed by atoms with Gasteiger partial charge in [-0.05, 0) is 77.0 Å². The summed E-state index contributed by atoms with van der Waals surface area (Å²) in [6.07, 6.45) is 54.7. The van der Waals surface area contributed by atoms with Gasteiger partial charge in [-0.25, -0.2) is 0 Å². The lowest BCUT2D eigenvalue weighted by atomic mass is 9.99. The second-order valence-corrected chi connectivity index (χ2v) is 22.8. The first-order valence-corrected chi connectivity index (χ1v) is 32.8. The van der Waals surface area contributed by atoms with Gasteiger partial charge < -0.3 is 45.1 Å². The van der Waals surface area contributed by atoms with Crippen molar-refractivity contribution in [3.8, 4) is 0 Å². The quantitative estimate of drug-likeness (QED) is 0.0195. The number of hydrogen-bond donors (Lipinski definition) is 6. The van der Waals surface area contributed by atoms with Gasteiger partial charge in [-0.1, -0.05) is 263 Å². The van der Waals surface area contributed by atoms with E-state index >= 15 is 0 Å². The Balaban J connectivity index is 2.60. The molecule has 0 spiro atoms. The Bertz CT molecular complexity index is 1390. The molecule has 1 rings (SSSR count). The molecule has 77 heavy (non-hydrogen) atoms. The largest absolute Gasteiger partial charge is 0.454 e. The molecule has 0 bridgehead atoms. The zero-order valence-electron chi connectivity index (χ0n) is 50.1. The van der Waals surface area contributed by atoms with Gasteiger partial charge in [0.1, 0.15) is 24.4 Å². The molecular weight excluding hydrogens is 967 g/mol. The number of amides is 1. The number of allylic oxidation sites excluding steroid dienone is 5. The van der Waals surface area contributed by atoms with Crippen LogP contribution in [0.25, 0.3) is 0 Å². The van der Waals surface area contributed by atoms with E-state index in [0.29, 0.717) is 19.3 Å². The van der Waals surface area contributed by atoms with Crippen molar-refractivity contribution in [1.29, 1.82) is 0 Å². The van der Waals surface area contributed by atoms with Crippen molar-refractivity contribution in [2.24, 2.45) is 0 Å². The molecule has 0 saturated carbocycles. The normalized spacial score (nSPS) is 19.2. The van der Waals surface area contributed by atoms with Crippen LogP contribution in [-0.2, 0) is 23.8 Å². The van der Waals surface area contributed by atoms with Crippen LogP contribution in [0.4, 0.5) is 0 Å². The van der Waals surface area contributed by atoms with Gasteiger partial charge in [-0.15, -0.1) is 0 Å². The van der Waals surface area contributed by atoms with Gasteiger partial charge in [0.05, 0.1) is 25.4 Å². The van der Waals surface area contributed by atoms with E-state index in [1.165, 1.54) is 193 Å². The van der Waals surface area contributed by atoms with Crippen molar-refractivity contribution in [3.63, 3.8) is 0 Å². The van der Waals surface area contributed by atoms with E-state index in [1.54, 1.807) is 6.08 Å². The van der Waals surface area contributed by atoms with Gasteiger partial charge in [0.2, 0.25) is 5.91 Å². The molecule has 0 aromatic carbocycles. The van der Waals surface area contributed by atoms with Crippen LogP contribution in [0, 0.1) is 0 Å². The summed E-state index contributed by atoms with van der Waals surface area (Å²) in [4.78, 5) is 26.6. The fourth-order valence-corrected chi connectivity index (χ4v) is 10.3. The number of ether oxygens (including phenoxy) is 3. The van der Waals surface area contributed by atoms with Crippen LogP contribution < -0.4 is 5.32 Å². The van der Waals surface area contributed by atoms with E-state index in [0.717, 1.165) is 70.6 Å². The molecule has 8 atom stereocenters. The molecule has 1 fully saturated rings. The van der Waals surface area contributed by atoms with Crippen LogP contribution in [0.1, 0.15) is 310 Å². The molecule has 452 valence electrons. The molecule has 11 heteroatoms. The molecule has 8 unspecified atom stereocenters. The highest BCUT2D eigenvalue weighted by atomic mass is 16.7. The predicted molar refractivity (Wildman–Crippen MR) is 320 cm³/mol. The molecule has 0 aliphatic carbocycles. The monoisotopic (exact) mass is 1090 g/mol. The highest BCUT2D eigenvalue weighted by molar-refractivity contribution is 5.80. The number of carbonyl (C=O) groups excluding carboxylic acids is 2. The second kappa shape index (κ2) is 54.5. The van der Waals surface area contributed by atoms with Crippen LogP contribution in [0.5, 0.6) is 0 Å². The lowest BCUT2D eigenvalue weighted by Crippen LogP contribution is -2.61. The van der Waals surface area contributed by atoms with Gasteiger partial charge in [0, 0.05) is 6.42 Å². The lowest BCUT2D eigenvalue weighted by molar-refractivity contribution is -0.305. The Hall–Kier alpha value is -2.12. The summed E-state index contributed by atoms with van der Waals surface area (Å²) in [6, 6.07) is -1.02. The number of aliphatic hydroxyl groups is 5. The summed E-state index contributed by atoms with van der Waals surface area (Å²) in [5.41, 5.74) is 0. The maximum Gasteiger partial charge on any atom is 0.306 e. The molecule has 1 saturated heterocycles. The third-order valence-electron chi connectivity index (χ3n) is 15.5. The Morgan fingerprint density at radius 3 is 1.27 bits per heavy atom. The van der Waals surface area contributed by atoms with Crippen molar-refractivity contribution in [3.05, 3.63) is 36.5 Å². The van der Waals surface area contributed by atoms with Crippen LogP contribution in [0.15, 0.2) is 36.5 Å². The maximum atomic E-state index is 13.4. The first-order chi connectivity index (χ1) is 37.7. The SMILES string of the molecule is CCCCCC/C=C\CCCCCCCCCC(=O)OC1C(OCC(NC(=O)C(O)CCCCCCCCCCCCCC/C=C/CCCCCCCC)C(O)/C=C/CCCCCCCCCCC)OC(CO)C(O)C1O. The molecule has 0 aromatic heterocycles. The Morgan fingerprint density at radius 2 is 0.857 bits per heavy atom. The predicted octanol–water partition coefficient (Wildman–Crippen LogP) is 15.8. The third-order valence-corrected chi connectivity index (χ3v) is 15.5. The average Bonchev–Trinajstić information content (AvgIpc) is 3.43. The number of unbranched alkanes of at least 4 members (excludes halogenated alkanes) is 38. The van der Waals surface area contributed by atoms with Gasteiger partial charge in [0.25, 0.3) is 0 Å². The Kier molecular flexibility index (Phi) is 51.6. The zero-order valence-corrected chi connectivity index (χ0v) is 50.1. The number of hydrogen-bond acceptors (Lipinski definition) is 10. The lowest BCUT2D eigenvalue weighted by Gasteiger charge is -2.41. The minimum absolute atomic E-state index is 0.121. The summed E-state index contributed by atoms with van der Waals surface area (Å²) in [7, 11) is 0. The third kappa shape index (κ3) is 42.4. The van der Waals surface area contributed by atoms with Crippen molar-refractivity contribution < 1.29 is 49.3 Å². The molecule has 6 N–H and O–H groups in total. The smallest absolute Gasteiger partial charge is 0.306 e. The van der Waals surface area contributed by atoms with E-state index in [2.05, 4.69) is 50.4 Å². The van der Waals surface area contributed by atoms with Gasteiger partial charge in [-0.3, -0.25) is 9.59 Å². The van der Waals surface area contributed by atoms with Crippen molar-refractivity contribution in [2.75, 3.05) is 13.2 Å². The van der Waals surface area contributed by atoms with Crippen molar-refractivity contribution in [1.82, 2.24) is 5.32 Å². The van der Waals surface area contributed by atoms with Gasteiger partial charge >= 0.3 is 5.97 Å².